The first-order valence-corrected chi connectivity index (χ1v) is 9.04. The molecule has 1 aromatic heterocycles. The summed E-state index contributed by atoms with van der Waals surface area (Å²) in [7, 11) is 1.85. The number of rotatable bonds is 6. The molecular weight excluding hydrogens is 348 g/mol. The molecule has 0 amide bonds. The quantitative estimate of drug-likeness (QED) is 0.521. The van der Waals surface area contributed by atoms with Crippen molar-refractivity contribution < 1.29 is 4.74 Å². The summed E-state index contributed by atoms with van der Waals surface area (Å²) in [5.74, 6) is 7.22. The second-order valence-electron chi connectivity index (χ2n) is 6.59. The molecule has 2 aromatic carbocycles. The van der Waals surface area contributed by atoms with Gasteiger partial charge in [-0.25, -0.2) is 10.5 Å². The van der Waals surface area contributed by atoms with E-state index in [0.29, 0.717) is 23.4 Å². The lowest BCUT2D eigenvalue weighted by Gasteiger charge is -2.20. The van der Waals surface area contributed by atoms with Gasteiger partial charge in [-0.3, -0.25) is 0 Å². The van der Waals surface area contributed by atoms with Crippen LogP contribution in [-0.4, -0.2) is 16.8 Å². The first kappa shape index (κ1) is 16.9. The molecule has 6 heteroatoms. The van der Waals surface area contributed by atoms with Crippen LogP contribution in [0, 0.1) is 0 Å². The first-order valence-electron chi connectivity index (χ1n) is 8.66. The molecule has 2 N–H and O–H groups in total. The number of halogens is 1. The molecule has 3 aromatic rings. The summed E-state index contributed by atoms with van der Waals surface area (Å²) in [5.41, 5.74) is 4.40. The molecular formula is C20H21ClN4O. The highest BCUT2D eigenvalue weighted by atomic mass is 35.5. The summed E-state index contributed by atoms with van der Waals surface area (Å²) in [6, 6.07) is 15.6. The van der Waals surface area contributed by atoms with Crippen LogP contribution < -0.4 is 15.6 Å². The molecule has 26 heavy (non-hydrogen) atoms. The number of hydrogen-bond acceptors (Lipinski definition) is 4. The van der Waals surface area contributed by atoms with E-state index < -0.39 is 0 Å². The summed E-state index contributed by atoms with van der Waals surface area (Å²) in [4.78, 5) is 0. The van der Waals surface area contributed by atoms with E-state index in [1.165, 1.54) is 18.4 Å². The van der Waals surface area contributed by atoms with Crippen molar-refractivity contribution >= 4 is 17.3 Å². The van der Waals surface area contributed by atoms with Gasteiger partial charge < -0.3 is 9.75 Å². The molecule has 4 rings (SSSR count). The molecule has 5 nitrogen and oxygen atoms in total. The van der Waals surface area contributed by atoms with E-state index in [9.17, 15) is 0 Å². The number of aromatic nitrogens is 2. The molecule has 0 radical (unpaired) electrons. The van der Waals surface area contributed by atoms with Crippen LogP contribution in [0.25, 0.3) is 5.69 Å². The van der Waals surface area contributed by atoms with Crippen molar-refractivity contribution in [2.75, 3.05) is 12.1 Å². The van der Waals surface area contributed by atoms with Gasteiger partial charge in [-0.2, -0.15) is 0 Å². The monoisotopic (exact) mass is 368 g/mol. The van der Waals surface area contributed by atoms with Crippen LogP contribution in [0.3, 0.4) is 0 Å². The molecule has 1 aliphatic carbocycles. The number of nitrogens with two attached hydrogens (primary N) is 1. The lowest BCUT2D eigenvalue weighted by Crippen LogP contribution is -2.27. The summed E-state index contributed by atoms with van der Waals surface area (Å²) in [6.07, 6.45) is 4.34. The predicted molar refractivity (Wildman–Crippen MR) is 104 cm³/mol. The van der Waals surface area contributed by atoms with Crippen molar-refractivity contribution in [3.63, 3.8) is 0 Å². The Kier molecular flexibility index (Phi) is 4.57. The predicted octanol–water partition coefficient (Wildman–Crippen LogP) is 4.29. The zero-order valence-electron chi connectivity index (χ0n) is 14.6. The average molecular weight is 369 g/mol. The summed E-state index contributed by atoms with van der Waals surface area (Å²) >= 11 is 5.94. The largest absolute Gasteiger partial charge is 0.472 e. The molecule has 0 atom stereocenters. The van der Waals surface area contributed by atoms with E-state index in [1.54, 1.807) is 9.69 Å². The standard InChI is InChI=1S/C20H21ClN4O/c1-24(22)19-4-2-3-17(14-5-6-14)18(19)13-26-20-11-12-25(23-20)16-9-7-15(21)8-10-16/h2-4,7-12,14H,5-6,13,22H2,1H3. The fourth-order valence-electron chi connectivity index (χ4n) is 3.12. The zero-order valence-corrected chi connectivity index (χ0v) is 15.4. The third-order valence-corrected chi connectivity index (χ3v) is 4.86. The van der Waals surface area contributed by atoms with E-state index in [4.69, 9.17) is 22.2 Å². The number of anilines is 1. The normalized spacial score (nSPS) is 13.7. The summed E-state index contributed by atoms with van der Waals surface area (Å²) in [5, 5.41) is 6.85. The molecule has 1 heterocycles. The molecule has 0 aliphatic heterocycles. The van der Waals surface area contributed by atoms with Crippen molar-refractivity contribution in [3.8, 4) is 11.6 Å². The Bertz CT molecular complexity index is 880. The zero-order chi connectivity index (χ0) is 18.1. The number of nitrogens with zero attached hydrogens (tertiary/aromatic N) is 3. The number of benzene rings is 2. The molecule has 0 bridgehead atoms. The van der Waals surface area contributed by atoms with Crippen LogP contribution in [0.5, 0.6) is 5.88 Å². The molecule has 1 fully saturated rings. The smallest absolute Gasteiger partial charge is 0.233 e. The van der Waals surface area contributed by atoms with E-state index in [0.717, 1.165) is 16.9 Å². The highest BCUT2D eigenvalue weighted by Gasteiger charge is 2.27. The highest BCUT2D eigenvalue weighted by Crippen LogP contribution is 2.43. The second kappa shape index (κ2) is 7.02. The Labute approximate surface area is 157 Å². The molecule has 0 unspecified atom stereocenters. The van der Waals surface area contributed by atoms with Crippen LogP contribution >= 0.6 is 11.6 Å². The minimum Gasteiger partial charge on any atom is -0.472 e. The van der Waals surface area contributed by atoms with Gasteiger partial charge in [0, 0.05) is 29.9 Å². The molecule has 134 valence electrons. The van der Waals surface area contributed by atoms with E-state index >= 15 is 0 Å². The van der Waals surface area contributed by atoms with Gasteiger partial charge >= 0.3 is 0 Å². The Hall–Kier alpha value is -2.50. The van der Waals surface area contributed by atoms with Gasteiger partial charge in [-0.05, 0) is 54.7 Å². The van der Waals surface area contributed by atoms with Crippen LogP contribution in [-0.2, 0) is 6.61 Å². The van der Waals surface area contributed by atoms with Crippen molar-refractivity contribution in [2.45, 2.75) is 25.4 Å². The van der Waals surface area contributed by atoms with Gasteiger partial charge in [0.15, 0.2) is 0 Å². The van der Waals surface area contributed by atoms with Crippen molar-refractivity contribution in [1.29, 1.82) is 0 Å². The van der Waals surface area contributed by atoms with Crippen LogP contribution in [0.4, 0.5) is 5.69 Å². The Morgan fingerprint density at radius 1 is 1.19 bits per heavy atom. The molecule has 0 spiro atoms. The lowest BCUT2D eigenvalue weighted by molar-refractivity contribution is 0.291. The number of hydrazine groups is 1. The van der Waals surface area contributed by atoms with Crippen molar-refractivity contribution in [3.05, 3.63) is 70.9 Å². The maximum atomic E-state index is 6.01. The fraction of sp³-hybridized carbons (Fsp3) is 0.250. The third kappa shape index (κ3) is 3.54. The highest BCUT2D eigenvalue weighted by molar-refractivity contribution is 6.30. The van der Waals surface area contributed by atoms with E-state index in [2.05, 4.69) is 17.2 Å². The van der Waals surface area contributed by atoms with Gasteiger partial charge in [0.05, 0.1) is 11.4 Å². The van der Waals surface area contributed by atoms with E-state index in [1.807, 2.05) is 49.6 Å². The lowest BCUT2D eigenvalue weighted by atomic mass is 10.0. The number of hydrogen-bond donors (Lipinski definition) is 1. The second-order valence-corrected chi connectivity index (χ2v) is 7.03. The van der Waals surface area contributed by atoms with Gasteiger partial charge in [-0.15, -0.1) is 5.10 Å². The van der Waals surface area contributed by atoms with Gasteiger partial charge in [0.25, 0.3) is 0 Å². The van der Waals surface area contributed by atoms with Gasteiger partial charge in [-0.1, -0.05) is 23.7 Å². The molecule has 1 saturated carbocycles. The molecule has 1 aliphatic rings. The summed E-state index contributed by atoms with van der Waals surface area (Å²) < 4.78 is 7.76. The van der Waals surface area contributed by atoms with Crippen LogP contribution in [0.2, 0.25) is 5.02 Å². The Balaban J connectivity index is 1.54. The number of ether oxygens (including phenoxy) is 1. The first-order chi connectivity index (χ1) is 12.6. The van der Waals surface area contributed by atoms with Gasteiger partial charge in [0.2, 0.25) is 5.88 Å². The fourth-order valence-corrected chi connectivity index (χ4v) is 3.25. The topological polar surface area (TPSA) is 56.3 Å². The maximum Gasteiger partial charge on any atom is 0.233 e. The van der Waals surface area contributed by atoms with Gasteiger partial charge in [0.1, 0.15) is 6.61 Å². The van der Waals surface area contributed by atoms with Crippen molar-refractivity contribution in [2.24, 2.45) is 5.84 Å². The third-order valence-electron chi connectivity index (χ3n) is 4.60. The Morgan fingerprint density at radius 2 is 1.96 bits per heavy atom. The molecule has 0 saturated heterocycles. The van der Waals surface area contributed by atoms with Crippen molar-refractivity contribution in [1.82, 2.24) is 9.78 Å². The van der Waals surface area contributed by atoms with Crippen LogP contribution in [0.15, 0.2) is 54.7 Å². The SMILES string of the molecule is CN(N)c1cccc(C2CC2)c1COc1ccn(-c2ccc(Cl)cc2)n1. The minimum atomic E-state index is 0.446. The van der Waals surface area contributed by atoms with Crippen LogP contribution in [0.1, 0.15) is 29.9 Å². The minimum absolute atomic E-state index is 0.446. The average Bonchev–Trinajstić information content (AvgIpc) is 3.38. The maximum absolute atomic E-state index is 6.01. The van der Waals surface area contributed by atoms with E-state index in [-0.39, 0.29) is 0 Å². The summed E-state index contributed by atoms with van der Waals surface area (Å²) in [6.45, 7) is 0.446. The Morgan fingerprint density at radius 3 is 2.65 bits per heavy atom.